The Morgan fingerprint density at radius 2 is 1.72 bits per heavy atom. The number of rotatable bonds is 6. The molecule has 3 rings (SSSR count). The number of carbonyl (C=O) groups excluding carboxylic acids is 2. The molecule has 1 aromatic rings. The van der Waals surface area contributed by atoms with Gasteiger partial charge in [0.05, 0.1) is 11.6 Å². The third kappa shape index (κ3) is 6.09. The fraction of sp³-hybridized carbons (Fsp3) is 0.600. The average molecular weight is 412 g/mol. The summed E-state index contributed by atoms with van der Waals surface area (Å²) in [5, 5.41) is 5.82. The molecule has 1 heterocycles. The fourth-order valence-corrected chi connectivity index (χ4v) is 3.31. The number of hydrogen-bond donors (Lipinski definition) is 2. The number of nitrogens with one attached hydrogen (secondary N) is 2. The fourth-order valence-electron chi connectivity index (χ4n) is 3.31. The van der Waals surface area contributed by atoms with Crippen molar-refractivity contribution in [2.45, 2.75) is 44.4 Å². The molecule has 2 aliphatic rings. The Labute approximate surface area is 168 Å². The molecule has 3 amide bonds. The molecule has 0 spiro atoms. The Balaban J connectivity index is 1.36. The minimum atomic E-state index is -4.34. The van der Waals surface area contributed by atoms with Crippen LogP contribution in [0.5, 0.6) is 0 Å². The van der Waals surface area contributed by atoms with E-state index in [-0.39, 0.29) is 18.0 Å². The summed E-state index contributed by atoms with van der Waals surface area (Å²) in [4.78, 5) is 28.2. The van der Waals surface area contributed by atoms with E-state index in [1.54, 1.807) is 4.90 Å². The van der Waals surface area contributed by atoms with Gasteiger partial charge >= 0.3 is 12.2 Å². The first-order valence-corrected chi connectivity index (χ1v) is 9.97. The van der Waals surface area contributed by atoms with Gasteiger partial charge in [0.1, 0.15) is 0 Å². The number of benzene rings is 1. The predicted molar refractivity (Wildman–Crippen MR) is 102 cm³/mol. The van der Waals surface area contributed by atoms with Gasteiger partial charge in [0.25, 0.3) is 0 Å². The zero-order valence-electron chi connectivity index (χ0n) is 16.5. The van der Waals surface area contributed by atoms with Crippen LogP contribution in [0.25, 0.3) is 0 Å². The van der Waals surface area contributed by atoms with Gasteiger partial charge < -0.3 is 15.5 Å². The van der Waals surface area contributed by atoms with Crippen molar-refractivity contribution in [2.75, 3.05) is 32.7 Å². The number of nitrogens with zero attached hydrogens (tertiary/aromatic N) is 2. The highest BCUT2D eigenvalue weighted by Gasteiger charge is 2.31. The lowest BCUT2D eigenvalue weighted by Crippen LogP contribution is -2.56. The van der Waals surface area contributed by atoms with Crippen LogP contribution in [-0.2, 0) is 17.4 Å². The zero-order chi connectivity index (χ0) is 21.0. The molecule has 1 unspecified atom stereocenters. The predicted octanol–water partition coefficient (Wildman–Crippen LogP) is 2.24. The minimum absolute atomic E-state index is 0.0435. The third-order valence-electron chi connectivity index (χ3n) is 5.42. The quantitative estimate of drug-likeness (QED) is 0.753. The summed E-state index contributed by atoms with van der Waals surface area (Å²) < 4.78 is 37.7. The van der Waals surface area contributed by atoms with E-state index in [1.807, 2.05) is 6.92 Å². The molecule has 2 fully saturated rings. The number of alkyl halides is 3. The lowest BCUT2D eigenvalue weighted by atomic mass is 10.1. The van der Waals surface area contributed by atoms with E-state index in [9.17, 15) is 22.8 Å². The van der Waals surface area contributed by atoms with Crippen molar-refractivity contribution in [1.82, 2.24) is 20.4 Å². The molecule has 1 aliphatic carbocycles. The van der Waals surface area contributed by atoms with Crippen molar-refractivity contribution >= 4 is 11.9 Å². The van der Waals surface area contributed by atoms with Crippen molar-refractivity contribution in [3.8, 4) is 0 Å². The lowest BCUT2D eigenvalue weighted by molar-refractivity contribution is -0.137. The van der Waals surface area contributed by atoms with Gasteiger partial charge in [-0.1, -0.05) is 12.1 Å². The number of amides is 3. The first-order chi connectivity index (χ1) is 13.7. The molecule has 1 saturated heterocycles. The smallest absolute Gasteiger partial charge is 0.352 e. The van der Waals surface area contributed by atoms with Crippen LogP contribution in [0.2, 0.25) is 0 Å². The first kappa shape index (κ1) is 21.4. The maximum absolute atomic E-state index is 12.6. The normalized spacial score (nSPS) is 19.0. The largest absolute Gasteiger partial charge is 0.416 e. The molecule has 2 N–H and O–H groups in total. The molecular formula is C20H27F3N4O2. The van der Waals surface area contributed by atoms with Crippen LogP contribution in [0.3, 0.4) is 0 Å². The number of carbonyl (C=O) groups is 2. The van der Waals surface area contributed by atoms with E-state index in [0.717, 1.165) is 30.5 Å². The SMILES string of the molecule is CC(C(=O)NC1CC1)N1CCN(C(=O)NCCc2ccc(C(F)(F)F)cc2)CC1. The summed E-state index contributed by atoms with van der Waals surface area (Å²) in [6, 6.07) is 4.91. The summed E-state index contributed by atoms with van der Waals surface area (Å²) in [6.45, 7) is 4.57. The van der Waals surface area contributed by atoms with Crippen LogP contribution in [0.1, 0.15) is 30.9 Å². The van der Waals surface area contributed by atoms with E-state index in [1.165, 1.54) is 12.1 Å². The molecule has 29 heavy (non-hydrogen) atoms. The van der Waals surface area contributed by atoms with E-state index in [4.69, 9.17) is 0 Å². The maximum atomic E-state index is 12.6. The van der Waals surface area contributed by atoms with Gasteiger partial charge in [-0.25, -0.2) is 4.79 Å². The van der Waals surface area contributed by atoms with Crippen molar-refractivity contribution in [3.05, 3.63) is 35.4 Å². The van der Waals surface area contributed by atoms with E-state index in [2.05, 4.69) is 15.5 Å². The Morgan fingerprint density at radius 1 is 1.10 bits per heavy atom. The summed E-state index contributed by atoms with van der Waals surface area (Å²) in [7, 11) is 0. The van der Waals surface area contributed by atoms with E-state index < -0.39 is 11.7 Å². The molecule has 0 bridgehead atoms. The Hall–Kier alpha value is -2.29. The lowest BCUT2D eigenvalue weighted by Gasteiger charge is -2.37. The topological polar surface area (TPSA) is 64.7 Å². The summed E-state index contributed by atoms with van der Waals surface area (Å²) in [5.41, 5.74) is 0.0572. The molecule has 6 nitrogen and oxygen atoms in total. The van der Waals surface area contributed by atoms with Crippen molar-refractivity contribution in [2.24, 2.45) is 0 Å². The molecular weight excluding hydrogens is 385 g/mol. The summed E-state index contributed by atoms with van der Waals surface area (Å²) >= 11 is 0. The second kappa shape index (κ2) is 9.02. The molecule has 0 radical (unpaired) electrons. The molecule has 9 heteroatoms. The van der Waals surface area contributed by atoms with Crippen LogP contribution in [0.15, 0.2) is 24.3 Å². The average Bonchev–Trinajstić information content (AvgIpc) is 3.51. The van der Waals surface area contributed by atoms with Gasteiger partial charge in [-0.3, -0.25) is 9.69 Å². The van der Waals surface area contributed by atoms with E-state index in [0.29, 0.717) is 45.2 Å². The number of halogens is 3. The summed E-state index contributed by atoms with van der Waals surface area (Å²) in [5.74, 6) is 0.0435. The monoisotopic (exact) mass is 412 g/mol. The Morgan fingerprint density at radius 3 is 2.28 bits per heavy atom. The van der Waals surface area contributed by atoms with Gasteiger partial charge in [-0.05, 0) is 43.9 Å². The van der Waals surface area contributed by atoms with Crippen LogP contribution < -0.4 is 10.6 Å². The molecule has 1 aromatic carbocycles. The highest BCUT2D eigenvalue weighted by Crippen LogP contribution is 2.29. The van der Waals surface area contributed by atoms with Gasteiger partial charge in [-0.15, -0.1) is 0 Å². The minimum Gasteiger partial charge on any atom is -0.352 e. The number of piperazine rings is 1. The van der Waals surface area contributed by atoms with Gasteiger partial charge in [0.2, 0.25) is 5.91 Å². The highest BCUT2D eigenvalue weighted by atomic mass is 19.4. The van der Waals surface area contributed by atoms with Gasteiger partial charge in [0.15, 0.2) is 0 Å². The van der Waals surface area contributed by atoms with E-state index >= 15 is 0 Å². The molecule has 160 valence electrons. The molecule has 1 atom stereocenters. The van der Waals surface area contributed by atoms with Crippen molar-refractivity contribution in [1.29, 1.82) is 0 Å². The van der Waals surface area contributed by atoms with Crippen LogP contribution >= 0.6 is 0 Å². The zero-order valence-corrected chi connectivity index (χ0v) is 16.5. The maximum Gasteiger partial charge on any atom is 0.416 e. The Bertz CT molecular complexity index is 711. The van der Waals surface area contributed by atoms with Gasteiger partial charge in [0, 0.05) is 38.8 Å². The van der Waals surface area contributed by atoms with Crippen molar-refractivity contribution in [3.63, 3.8) is 0 Å². The van der Waals surface area contributed by atoms with Crippen molar-refractivity contribution < 1.29 is 22.8 Å². The molecule has 1 aliphatic heterocycles. The first-order valence-electron chi connectivity index (χ1n) is 9.97. The van der Waals surface area contributed by atoms with Crippen LogP contribution in [-0.4, -0.2) is 66.5 Å². The van der Waals surface area contributed by atoms with Crippen LogP contribution in [0.4, 0.5) is 18.0 Å². The molecule has 0 aromatic heterocycles. The van der Waals surface area contributed by atoms with Crippen LogP contribution in [0, 0.1) is 0 Å². The number of urea groups is 1. The third-order valence-corrected chi connectivity index (χ3v) is 5.42. The highest BCUT2D eigenvalue weighted by molar-refractivity contribution is 5.82. The summed E-state index contributed by atoms with van der Waals surface area (Å²) in [6.07, 6.45) is -1.77. The molecule has 1 saturated carbocycles. The second-order valence-electron chi connectivity index (χ2n) is 7.66. The Kier molecular flexibility index (Phi) is 6.66. The standard InChI is InChI=1S/C20H27F3N4O2/c1-14(18(28)25-17-6-7-17)26-10-12-27(13-11-26)19(29)24-9-8-15-2-4-16(5-3-15)20(21,22)23/h2-5,14,17H,6-13H2,1H3,(H,24,29)(H,25,28). The van der Waals surface area contributed by atoms with Gasteiger partial charge in [-0.2, -0.15) is 13.2 Å². The second-order valence-corrected chi connectivity index (χ2v) is 7.66. The number of hydrogen-bond acceptors (Lipinski definition) is 3.